The number of hydrogen-bond acceptors (Lipinski definition) is 7. The number of esters is 1. The molecule has 1 aliphatic rings. The van der Waals surface area contributed by atoms with Gasteiger partial charge in [0.05, 0.1) is 27.9 Å². The Balaban J connectivity index is 1.41. The van der Waals surface area contributed by atoms with Crippen molar-refractivity contribution in [3.8, 4) is 34.2 Å². The lowest BCUT2D eigenvalue weighted by Gasteiger charge is -2.29. The number of ether oxygens (including phenoxy) is 1. The zero-order valence-electron chi connectivity index (χ0n) is 21.7. The van der Waals surface area contributed by atoms with Crippen LogP contribution in [-0.4, -0.2) is 47.3 Å². The number of hydrogen-bond donors (Lipinski definition) is 2. The number of nitriles is 1. The Bertz CT molecular complexity index is 1750. The third-order valence-electron chi connectivity index (χ3n) is 7.05. The fraction of sp³-hybridized carbons (Fsp3) is 0.161. The quantitative estimate of drug-likeness (QED) is 0.235. The van der Waals surface area contributed by atoms with E-state index in [-0.39, 0.29) is 22.6 Å². The second-order valence-electron chi connectivity index (χ2n) is 9.54. The number of halogens is 1. The lowest BCUT2D eigenvalue weighted by Crippen LogP contribution is -2.43. The van der Waals surface area contributed by atoms with E-state index in [1.807, 2.05) is 31.2 Å². The van der Waals surface area contributed by atoms with Gasteiger partial charge in [0.2, 0.25) is 0 Å². The zero-order chi connectivity index (χ0) is 27.6. The normalized spacial score (nSPS) is 13.3. The summed E-state index contributed by atoms with van der Waals surface area (Å²) in [6.07, 6.45) is 0. The Labute approximate surface area is 230 Å². The number of H-pyrrole nitrogens is 1. The molecule has 2 N–H and O–H groups in total. The van der Waals surface area contributed by atoms with E-state index < -0.39 is 11.8 Å². The Hall–Kier alpha value is -5.07. The molecule has 1 aliphatic heterocycles. The number of nitrogens with one attached hydrogen (secondary N) is 2. The number of aromatic amines is 1. The van der Waals surface area contributed by atoms with Crippen LogP contribution in [0.5, 0.6) is 5.75 Å². The van der Waals surface area contributed by atoms with Crippen LogP contribution in [0.15, 0.2) is 72.8 Å². The van der Waals surface area contributed by atoms with E-state index >= 15 is 4.39 Å². The van der Waals surface area contributed by atoms with Gasteiger partial charge in [0, 0.05) is 49.1 Å². The van der Waals surface area contributed by atoms with Gasteiger partial charge in [0.25, 0.3) is 0 Å². The molecule has 5 aromatic rings. The predicted molar refractivity (Wildman–Crippen MR) is 151 cm³/mol. The summed E-state index contributed by atoms with van der Waals surface area (Å²) in [5.41, 5.74) is 4.57. The SMILES string of the molecule is Cc1n[nH]c2nc(-c3ccc(OC(=O)c4ccccc4)cc3F)c(C#N)c(-c3ccc(N4CCNCC4)cc3)c12. The van der Waals surface area contributed by atoms with Crippen molar-refractivity contribution in [3.63, 3.8) is 0 Å². The van der Waals surface area contributed by atoms with Gasteiger partial charge in [-0.15, -0.1) is 0 Å². The second-order valence-corrected chi connectivity index (χ2v) is 9.54. The first-order chi connectivity index (χ1) is 19.5. The van der Waals surface area contributed by atoms with Crippen LogP contribution in [-0.2, 0) is 0 Å². The highest BCUT2D eigenvalue weighted by molar-refractivity contribution is 6.01. The molecule has 0 radical (unpaired) electrons. The Morgan fingerprint density at radius 1 is 1.05 bits per heavy atom. The number of piperazine rings is 1. The van der Waals surface area contributed by atoms with Crippen LogP contribution >= 0.6 is 0 Å². The van der Waals surface area contributed by atoms with Crippen LogP contribution in [0.25, 0.3) is 33.4 Å². The molecule has 1 fully saturated rings. The third-order valence-corrected chi connectivity index (χ3v) is 7.05. The molecule has 0 bridgehead atoms. The largest absolute Gasteiger partial charge is 0.423 e. The van der Waals surface area contributed by atoms with E-state index in [0.29, 0.717) is 27.9 Å². The number of aryl methyl sites for hydroxylation is 1. The van der Waals surface area contributed by atoms with Crippen LogP contribution < -0.4 is 15.0 Å². The van der Waals surface area contributed by atoms with Crippen LogP contribution in [0.3, 0.4) is 0 Å². The molecule has 8 nitrogen and oxygen atoms in total. The highest BCUT2D eigenvalue weighted by atomic mass is 19.1. The maximum Gasteiger partial charge on any atom is 0.343 e. The summed E-state index contributed by atoms with van der Waals surface area (Å²) in [5, 5.41) is 21.6. The summed E-state index contributed by atoms with van der Waals surface area (Å²) in [4.78, 5) is 19.4. The van der Waals surface area contributed by atoms with Gasteiger partial charge < -0.3 is 15.0 Å². The number of benzene rings is 3. The zero-order valence-corrected chi connectivity index (χ0v) is 21.7. The van der Waals surface area contributed by atoms with E-state index in [9.17, 15) is 10.1 Å². The molecule has 6 rings (SSSR count). The van der Waals surface area contributed by atoms with Crippen molar-refractivity contribution < 1.29 is 13.9 Å². The molecular formula is C31H25FN6O2. The Kier molecular flexibility index (Phi) is 6.68. The average Bonchev–Trinajstić information content (AvgIpc) is 3.37. The van der Waals surface area contributed by atoms with E-state index in [2.05, 4.69) is 31.5 Å². The molecule has 40 heavy (non-hydrogen) atoms. The lowest BCUT2D eigenvalue weighted by molar-refractivity contribution is 0.0734. The van der Waals surface area contributed by atoms with Gasteiger partial charge in [-0.2, -0.15) is 10.4 Å². The van der Waals surface area contributed by atoms with Crippen molar-refractivity contribution >= 4 is 22.7 Å². The van der Waals surface area contributed by atoms with E-state index in [4.69, 9.17) is 4.74 Å². The van der Waals surface area contributed by atoms with Crippen molar-refractivity contribution in [1.29, 1.82) is 5.26 Å². The first kappa shape index (κ1) is 25.2. The van der Waals surface area contributed by atoms with Crippen molar-refractivity contribution in [1.82, 2.24) is 20.5 Å². The molecule has 198 valence electrons. The minimum absolute atomic E-state index is 0.0517. The molecular weight excluding hydrogens is 507 g/mol. The van der Waals surface area contributed by atoms with Gasteiger partial charge in [0.15, 0.2) is 5.65 Å². The molecule has 0 saturated carbocycles. The molecule has 0 atom stereocenters. The van der Waals surface area contributed by atoms with E-state index in [1.54, 1.807) is 30.3 Å². The monoisotopic (exact) mass is 532 g/mol. The molecule has 9 heteroatoms. The van der Waals surface area contributed by atoms with Crippen LogP contribution in [0.1, 0.15) is 21.6 Å². The number of anilines is 1. The standard InChI is InChI=1S/C31H25FN6O2/c1-19-27-28(20-7-9-22(10-8-20)38-15-13-34-14-16-38)25(18-33)29(35-30(27)37-36-19)24-12-11-23(17-26(24)32)40-31(39)21-5-3-2-4-6-21/h2-12,17,34H,13-16H2,1H3,(H,35,36,37). The number of pyridine rings is 1. The molecule has 0 amide bonds. The molecule has 0 spiro atoms. The second kappa shape index (κ2) is 10.6. The van der Waals surface area contributed by atoms with Crippen LogP contribution in [0.4, 0.5) is 10.1 Å². The van der Waals surface area contributed by atoms with Crippen LogP contribution in [0.2, 0.25) is 0 Å². The number of nitrogens with zero attached hydrogens (tertiary/aromatic N) is 4. The summed E-state index contributed by atoms with van der Waals surface area (Å²) >= 11 is 0. The summed E-state index contributed by atoms with van der Waals surface area (Å²) in [7, 11) is 0. The van der Waals surface area contributed by atoms with E-state index in [0.717, 1.165) is 43.5 Å². The lowest BCUT2D eigenvalue weighted by atomic mass is 9.93. The van der Waals surface area contributed by atoms with Gasteiger partial charge in [-0.25, -0.2) is 14.2 Å². The average molecular weight is 533 g/mol. The van der Waals surface area contributed by atoms with Gasteiger partial charge in [-0.05, 0) is 48.9 Å². The van der Waals surface area contributed by atoms with Crippen LogP contribution in [0, 0.1) is 24.1 Å². The fourth-order valence-corrected chi connectivity index (χ4v) is 5.06. The van der Waals surface area contributed by atoms with Crippen molar-refractivity contribution in [2.45, 2.75) is 6.92 Å². The first-order valence-corrected chi connectivity index (χ1v) is 13.0. The van der Waals surface area contributed by atoms with E-state index in [1.165, 1.54) is 12.1 Å². The number of fused-ring (bicyclic) bond motifs is 1. The highest BCUT2D eigenvalue weighted by Crippen LogP contribution is 2.39. The highest BCUT2D eigenvalue weighted by Gasteiger charge is 2.23. The molecule has 2 aromatic heterocycles. The maximum atomic E-state index is 15.5. The third kappa shape index (κ3) is 4.65. The number of carbonyl (C=O) groups is 1. The van der Waals surface area contributed by atoms with Gasteiger partial charge in [-0.3, -0.25) is 5.10 Å². The Morgan fingerprint density at radius 2 is 1.80 bits per heavy atom. The first-order valence-electron chi connectivity index (χ1n) is 13.0. The minimum atomic E-state index is -0.669. The fourth-order valence-electron chi connectivity index (χ4n) is 5.06. The van der Waals surface area contributed by atoms with Gasteiger partial charge >= 0.3 is 5.97 Å². The predicted octanol–water partition coefficient (Wildman–Crippen LogP) is 5.24. The summed E-state index contributed by atoms with van der Waals surface area (Å²) in [5.74, 6) is -1.21. The number of carbonyl (C=O) groups excluding carboxylic acids is 1. The summed E-state index contributed by atoms with van der Waals surface area (Å²) in [6, 6.07) is 22.9. The topological polar surface area (TPSA) is 107 Å². The van der Waals surface area contributed by atoms with Gasteiger partial charge in [0.1, 0.15) is 17.6 Å². The maximum absolute atomic E-state index is 15.5. The molecule has 1 saturated heterocycles. The minimum Gasteiger partial charge on any atom is -0.423 e. The smallest absolute Gasteiger partial charge is 0.343 e. The number of rotatable bonds is 5. The molecule has 3 heterocycles. The summed E-state index contributed by atoms with van der Waals surface area (Å²) < 4.78 is 20.9. The van der Waals surface area contributed by atoms with Crippen molar-refractivity contribution in [2.75, 3.05) is 31.1 Å². The van der Waals surface area contributed by atoms with Gasteiger partial charge in [-0.1, -0.05) is 30.3 Å². The van der Waals surface area contributed by atoms with Crippen molar-refractivity contribution in [2.24, 2.45) is 0 Å². The number of aromatic nitrogens is 3. The molecule has 0 aliphatic carbocycles. The Morgan fingerprint density at radius 3 is 2.50 bits per heavy atom. The molecule has 3 aromatic carbocycles. The summed E-state index contributed by atoms with van der Waals surface area (Å²) in [6.45, 7) is 5.54. The molecule has 0 unspecified atom stereocenters. The van der Waals surface area contributed by atoms with Crippen molar-refractivity contribution in [3.05, 3.63) is 95.4 Å².